The molecule has 1 aliphatic carbocycles. The number of anilines is 1. The third-order valence-corrected chi connectivity index (χ3v) is 5.50. The van der Waals surface area contributed by atoms with Crippen LogP contribution >= 0.6 is 11.6 Å². The Labute approximate surface area is 147 Å². The molecule has 4 heteroatoms. The lowest BCUT2D eigenvalue weighted by Crippen LogP contribution is -2.36. The number of nitriles is 1. The Bertz CT molecular complexity index is 857. The lowest BCUT2D eigenvalue weighted by molar-refractivity contribution is 0.386. The highest BCUT2D eigenvalue weighted by Gasteiger charge is 2.45. The van der Waals surface area contributed by atoms with E-state index in [2.05, 4.69) is 34.6 Å². The number of amidine groups is 1. The number of nitrogens with one attached hydrogen (secondary N) is 1. The van der Waals surface area contributed by atoms with Gasteiger partial charge in [-0.05, 0) is 53.8 Å². The van der Waals surface area contributed by atoms with Crippen molar-refractivity contribution in [3.63, 3.8) is 0 Å². The minimum Gasteiger partial charge on any atom is -0.342 e. The van der Waals surface area contributed by atoms with E-state index < -0.39 is 0 Å². The van der Waals surface area contributed by atoms with E-state index >= 15 is 0 Å². The molecule has 2 aromatic carbocycles. The van der Waals surface area contributed by atoms with Crippen LogP contribution in [0.3, 0.4) is 0 Å². The maximum absolute atomic E-state index is 9.09. The summed E-state index contributed by atoms with van der Waals surface area (Å²) in [4.78, 5) is 4.12. The van der Waals surface area contributed by atoms with Crippen molar-refractivity contribution in [1.29, 1.82) is 5.26 Å². The molecule has 1 heterocycles. The van der Waals surface area contributed by atoms with Gasteiger partial charge in [0.2, 0.25) is 6.19 Å². The molecule has 2 aliphatic rings. The van der Waals surface area contributed by atoms with Crippen molar-refractivity contribution in [2.24, 2.45) is 4.99 Å². The van der Waals surface area contributed by atoms with Gasteiger partial charge in [-0.15, -0.1) is 0 Å². The van der Waals surface area contributed by atoms with Crippen LogP contribution in [0, 0.1) is 11.5 Å². The molecule has 0 saturated heterocycles. The van der Waals surface area contributed by atoms with Crippen LogP contribution < -0.4 is 5.32 Å². The molecule has 0 bridgehead atoms. The summed E-state index contributed by atoms with van der Waals surface area (Å²) in [6, 6.07) is 14.4. The van der Waals surface area contributed by atoms with E-state index in [1.54, 1.807) is 0 Å². The first-order chi connectivity index (χ1) is 11.7. The van der Waals surface area contributed by atoms with Gasteiger partial charge in [-0.1, -0.05) is 49.1 Å². The van der Waals surface area contributed by atoms with Gasteiger partial charge in [0, 0.05) is 10.7 Å². The highest BCUT2D eigenvalue weighted by molar-refractivity contribution is 6.30. The van der Waals surface area contributed by atoms with Crippen molar-refractivity contribution in [2.75, 3.05) is 5.32 Å². The number of nitrogens with zero attached hydrogens (tertiary/aromatic N) is 2. The molecule has 120 valence electrons. The van der Waals surface area contributed by atoms with Crippen molar-refractivity contribution in [1.82, 2.24) is 0 Å². The Morgan fingerprint density at radius 2 is 1.83 bits per heavy atom. The molecule has 0 radical (unpaired) electrons. The minimum atomic E-state index is -0.127. The maximum atomic E-state index is 9.09. The molecule has 1 saturated carbocycles. The summed E-state index contributed by atoms with van der Waals surface area (Å²) in [5.41, 5.74) is 4.49. The molecular formula is C20H18ClN3. The van der Waals surface area contributed by atoms with Gasteiger partial charge in [0.1, 0.15) is 5.84 Å². The number of aliphatic imine (C=N–C) groups is 1. The lowest BCUT2D eigenvalue weighted by Gasteiger charge is -2.33. The van der Waals surface area contributed by atoms with Crippen molar-refractivity contribution < 1.29 is 0 Å². The molecule has 4 rings (SSSR count). The predicted molar refractivity (Wildman–Crippen MR) is 98.3 cm³/mol. The van der Waals surface area contributed by atoms with Crippen LogP contribution in [-0.2, 0) is 5.41 Å². The summed E-state index contributed by atoms with van der Waals surface area (Å²) in [5, 5.41) is 13.2. The van der Waals surface area contributed by atoms with Gasteiger partial charge in [-0.2, -0.15) is 10.3 Å². The van der Waals surface area contributed by atoms with Crippen LogP contribution in [0.15, 0.2) is 47.5 Å². The van der Waals surface area contributed by atoms with Crippen LogP contribution in [0.4, 0.5) is 5.69 Å². The standard InChI is InChI=1S/C20H18ClN3/c21-16-6-4-5-14(11-16)15-7-8-18-17(12-15)20(9-2-1-3-10-20)19(24-18)23-13-22/h4-8,11-12H,1-3,9-10H2,(H,23,24). The molecular weight excluding hydrogens is 318 g/mol. The molecule has 2 aromatic rings. The molecule has 3 nitrogen and oxygen atoms in total. The van der Waals surface area contributed by atoms with Gasteiger partial charge in [0.15, 0.2) is 0 Å². The molecule has 0 aromatic heterocycles. The van der Waals surface area contributed by atoms with Crippen molar-refractivity contribution in [3.05, 3.63) is 53.1 Å². The number of hydrogen-bond acceptors (Lipinski definition) is 2. The highest BCUT2D eigenvalue weighted by Crippen LogP contribution is 2.49. The Morgan fingerprint density at radius 1 is 1.04 bits per heavy atom. The number of benzene rings is 2. The second-order valence-electron chi connectivity index (χ2n) is 6.60. The summed E-state index contributed by atoms with van der Waals surface area (Å²) in [5.74, 6) is 0.822. The number of hydrogen-bond donors (Lipinski definition) is 1. The molecule has 0 amide bonds. The Kier molecular flexibility index (Phi) is 3.78. The van der Waals surface area contributed by atoms with Crippen LogP contribution in [-0.4, -0.2) is 5.84 Å². The van der Waals surface area contributed by atoms with Gasteiger partial charge in [-0.3, -0.25) is 0 Å². The fourth-order valence-electron chi connectivity index (χ4n) is 4.12. The molecule has 1 spiro atoms. The van der Waals surface area contributed by atoms with Gasteiger partial charge in [-0.25, -0.2) is 0 Å². The second-order valence-corrected chi connectivity index (χ2v) is 7.04. The number of fused-ring (bicyclic) bond motifs is 2. The first-order valence-corrected chi connectivity index (χ1v) is 8.75. The third kappa shape index (κ3) is 2.39. The van der Waals surface area contributed by atoms with Crippen molar-refractivity contribution in [3.8, 4) is 17.3 Å². The normalized spacial score (nSPS) is 19.8. The van der Waals surface area contributed by atoms with Crippen LogP contribution in [0.25, 0.3) is 11.1 Å². The van der Waals surface area contributed by atoms with E-state index in [9.17, 15) is 0 Å². The first-order valence-electron chi connectivity index (χ1n) is 8.38. The zero-order chi connectivity index (χ0) is 16.6. The topological polar surface area (TPSA) is 48.2 Å². The average Bonchev–Trinajstić information content (AvgIpc) is 2.89. The maximum Gasteiger partial charge on any atom is 0.207 e. The zero-order valence-corrected chi connectivity index (χ0v) is 14.1. The van der Waals surface area contributed by atoms with E-state index in [-0.39, 0.29) is 5.41 Å². The average molecular weight is 336 g/mol. The third-order valence-electron chi connectivity index (χ3n) is 5.27. The summed E-state index contributed by atoms with van der Waals surface area (Å²) in [6.07, 6.45) is 7.68. The molecule has 1 aliphatic heterocycles. The summed E-state index contributed by atoms with van der Waals surface area (Å²) in [7, 11) is 0. The van der Waals surface area contributed by atoms with Crippen LogP contribution in [0.2, 0.25) is 5.02 Å². The summed E-state index contributed by atoms with van der Waals surface area (Å²) in [6.45, 7) is 0. The smallest absolute Gasteiger partial charge is 0.207 e. The molecule has 1 N–H and O–H groups in total. The van der Waals surface area contributed by atoms with E-state index in [0.717, 1.165) is 40.5 Å². The van der Waals surface area contributed by atoms with E-state index in [0.29, 0.717) is 0 Å². The number of rotatable bonds is 1. The Hall–Kier alpha value is -2.31. The minimum absolute atomic E-state index is 0.127. The van der Waals surface area contributed by atoms with Gasteiger partial charge in [0.25, 0.3) is 0 Å². The van der Waals surface area contributed by atoms with Crippen molar-refractivity contribution >= 4 is 23.1 Å². The molecule has 1 fully saturated rings. The summed E-state index contributed by atoms with van der Waals surface area (Å²) >= 11 is 6.15. The molecule has 0 atom stereocenters. The number of halogens is 1. The van der Waals surface area contributed by atoms with E-state index in [1.807, 2.05) is 24.4 Å². The second kappa shape index (κ2) is 5.96. The quantitative estimate of drug-likeness (QED) is 0.698. The van der Waals surface area contributed by atoms with Crippen LogP contribution in [0.5, 0.6) is 0 Å². The van der Waals surface area contributed by atoms with Gasteiger partial charge in [0.05, 0.1) is 5.41 Å². The fourth-order valence-corrected chi connectivity index (χ4v) is 4.31. The fraction of sp³-hybridized carbons (Fsp3) is 0.300. The lowest BCUT2D eigenvalue weighted by atomic mass is 9.69. The van der Waals surface area contributed by atoms with Gasteiger partial charge < -0.3 is 5.32 Å². The Balaban J connectivity index is 1.85. The van der Waals surface area contributed by atoms with E-state index in [4.69, 9.17) is 16.9 Å². The first kappa shape index (κ1) is 15.2. The Morgan fingerprint density at radius 3 is 2.58 bits per heavy atom. The SMILES string of the molecule is N#C/N=C1\Nc2ccc(-c3cccc(Cl)c3)cc2C12CCCCC2. The van der Waals surface area contributed by atoms with E-state index in [1.165, 1.54) is 24.8 Å². The monoisotopic (exact) mass is 335 g/mol. The summed E-state index contributed by atoms with van der Waals surface area (Å²) < 4.78 is 0. The zero-order valence-electron chi connectivity index (χ0n) is 13.3. The predicted octanol–water partition coefficient (Wildman–Crippen LogP) is 5.51. The largest absolute Gasteiger partial charge is 0.342 e. The van der Waals surface area contributed by atoms with Crippen molar-refractivity contribution in [2.45, 2.75) is 37.5 Å². The molecule has 24 heavy (non-hydrogen) atoms. The molecule has 0 unspecified atom stereocenters. The highest BCUT2D eigenvalue weighted by atomic mass is 35.5. The van der Waals surface area contributed by atoms with Crippen LogP contribution in [0.1, 0.15) is 37.7 Å². The van der Waals surface area contributed by atoms with Gasteiger partial charge >= 0.3 is 0 Å².